The van der Waals surface area contributed by atoms with Gasteiger partial charge in [0.2, 0.25) is 0 Å². The van der Waals surface area contributed by atoms with E-state index in [4.69, 9.17) is 5.11 Å². The van der Waals surface area contributed by atoms with Crippen molar-refractivity contribution in [3.05, 3.63) is 53.0 Å². The third kappa shape index (κ3) is 4.01. The van der Waals surface area contributed by atoms with Crippen LogP contribution in [0.3, 0.4) is 0 Å². The Morgan fingerprint density at radius 2 is 2.39 bits per heavy atom. The predicted molar refractivity (Wildman–Crippen MR) is 74.8 cm³/mol. The van der Waals surface area contributed by atoms with Gasteiger partial charge in [-0.15, -0.1) is 11.3 Å². The lowest BCUT2D eigenvalue weighted by atomic mass is 10.1. The molecule has 0 aliphatic heterocycles. The van der Waals surface area contributed by atoms with E-state index in [1.165, 1.54) is 0 Å². The van der Waals surface area contributed by atoms with Crippen molar-refractivity contribution in [1.82, 2.24) is 4.98 Å². The number of aliphatic carboxylic acids is 1. The van der Waals surface area contributed by atoms with Crippen molar-refractivity contribution in [3.63, 3.8) is 0 Å². The highest BCUT2D eigenvalue weighted by molar-refractivity contribution is 8.00. The second kappa shape index (κ2) is 6.37. The molecule has 1 aromatic heterocycles. The van der Waals surface area contributed by atoms with Crippen molar-refractivity contribution in [3.8, 4) is 0 Å². The van der Waals surface area contributed by atoms with Crippen molar-refractivity contribution in [2.24, 2.45) is 0 Å². The minimum atomic E-state index is -0.933. The summed E-state index contributed by atoms with van der Waals surface area (Å²) < 4.78 is 1.04. The molecular weight excluding hydrogens is 266 g/mol. The van der Waals surface area contributed by atoms with Crippen LogP contribution in [0, 0.1) is 0 Å². The molecule has 0 saturated heterocycles. The molecular formula is C13H11NO2S2. The third-order valence-electron chi connectivity index (χ3n) is 2.14. The van der Waals surface area contributed by atoms with E-state index in [0.29, 0.717) is 0 Å². The lowest BCUT2D eigenvalue weighted by molar-refractivity contribution is -0.131. The molecule has 0 bridgehead atoms. The molecule has 1 N–H and O–H groups in total. The molecule has 0 fully saturated rings. The van der Waals surface area contributed by atoms with Gasteiger partial charge in [-0.25, -0.2) is 9.78 Å². The zero-order valence-corrected chi connectivity index (χ0v) is 11.1. The maximum atomic E-state index is 10.4. The number of hydrogen-bond donors (Lipinski definition) is 1. The van der Waals surface area contributed by atoms with Crippen LogP contribution >= 0.6 is 23.1 Å². The first-order valence-electron chi connectivity index (χ1n) is 5.26. The number of hydrogen-bond acceptors (Lipinski definition) is 4. The normalized spacial score (nSPS) is 10.9. The van der Waals surface area contributed by atoms with Crippen LogP contribution in [0.4, 0.5) is 0 Å². The Morgan fingerprint density at radius 1 is 1.50 bits per heavy atom. The Hall–Kier alpha value is -1.59. The first-order valence-corrected chi connectivity index (χ1v) is 7.13. The fourth-order valence-electron chi connectivity index (χ4n) is 1.38. The zero-order chi connectivity index (χ0) is 12.8. The summed E-state index contributed by atoms with van der Waals surface area (Å²) in [6, 6.07) is 7.83. The highest BCUT2D eigenvalue weighted by Crippen LogP contribution is 2.24. The molecule has 2 aromatic rings. The maximum absolute atomic E-state index is 10.4. The lowest BCUT2D eigenvalue weighted by Crippen LogP contribution is -1.86. The van der Waals surface area contributed by atoms with Crippen LogP contribution in [0.1, 0.15) is 11.1 Å². The maximum Gasteiger partial charge on any atom is 0.328 e. The number of nitrogens with zero attached hydrogens (tertiary/aromatic N) is 1. The van der Waals surface area contributed by atoms with Gasteiger partial charge in [-0.1, -0.05) is 36.0 Å². The van der Waals surface area contributed by atoms with E-state index >= 15 is 0 Å². The monoisotopic (exact) mass is 277 g/mol. The fourth-order valence-corrected chi connectivity index (χ4v) is 2.96. The summed E-state index contributed by atoms with van der Waals surface area (Å²) in [6.45, 7) is 0. The number of thioether (sulfide) groups is 1. The molecule has 18 heavy (non-hydrogen) atoms. The summed E-state index contributed by atoms with van der Waals surface area (Å²) in [7, 11) is 0. The first kappa shape index (κ1) is 12.9. The number of aromatic nitrogens is 1. The van der Waals surface area contributed by atoms with E-state index in [1.807, 2.05) is 29.6 Å². The fraction of sp³-hybridized carbons (Fsp3) is 0.0769. The first-order chi connectivity index (χ1) is 8.74. The molecule has 0 aliphatic carbocycles. The molecule has 1 aromatic carbocycles. The molecule has 0 amide bonds. The minimum absolute atomic E-state index is 0.836. The SMILES string of the molecule is O=C(O)C=Cc1cccc(CSc2nccs2)c1. The van der Waals surface area contributed by atoms with Gasteiger partial charge in [0.15, 0.2) is 0 Å². The van der Waals surface area contributed by atoms with Crippen molar-refractivity contribution in [2.45, 2.75) is 10.1 Å². The molecule has 0 saturated carbocycles. The molecule has 0 unspecified atom stereocenters. The number of carboxylic acids is 1. The average Bonchev–Trinajstić information content (AvgIpc) is 2.87. The summed E-state index contributed by atoms with van der Waals surface area (Å²) in [6.07, 6.45) is 4.53. The zero-order valence-electron chi connectivity index (χ0n) is 9.45. The molecule has 2 rings (SSSR count). The van der Waals surface area contributed by atoms with Crippen molar-refractivity contribution in [2.75, 3.05) is 0 Å². The highest BCUT2D eigenvalue weighted by atomic mass is 32.2. The summed E-state index contributed by atoms with van der Waals surface area (Å²) in [5.74, 6) is -0.0972. The summed E-state index contributed by atoms with van der Waals surface area (Å²) in [5, 5.41) is 10.5. The second-order valence-electron chi connectivity index (χ2n) is 3.50. The van der Waals surface area contributed by atoms with E-state index in [9.17, 15) is 4.79 Å². The van der Waals surface area contributed by atoms with Crippen LogP contribution < -0.4 is 0 Å². The standard InChI is InChI=1S/C13H11NO2S2/c15-12(16)5-4-10-2-1-3-11(8-10)9-18-13-14-6-7-17-13/h1-8H,9H2,(H,15,16). The van der Waals surface area contributed by atoms with Gasteiger partial charge in [0.25, 0.3) is 0 Å². The van der Waals surface area contributed by atoms with Gasteiger partial charge in [0.05, 0.1) is 0 Å². The average molecular weight is 277 g/mol. The molecule has 0 radical (unpaired) electrons. The predicted octanol–water partition coefficient (Wildman–Crippen LogP) is 3.53. The minimum Gasteiger partial charge on any atom is -0.478 e. The number of thiazole rings is 1. The van der Waals surface area contributed by atoms with Crippen molar-refractivity contribution < 1.29 is 9.90 Å². The van der Waals surface area contributed by atoms with Crippen LogP contribution in [-0.4, -0.2) is 16.1 Å². The Morgan fingerprint density at radius 3 is 3.11 bits per heavy atom. The van der Waals surface area contributed by atoms with E-state index in [-0.39, 0.29) is 0 Å². The second-order valence-corrected chi connectivity index (χ2v) is 5.62. The van der Waals surface area contributed by atoms with Crippen LogP contribution in [0.5, 0.6) is 0 Å². The molecule has 5 heteroatoms. The third-order valence-corrected chi connectivity index (χ3v) is 4.18. The van der Waals surface area contributed by atoms with E-state index in [2.05, 4.69) is 4.98 Å². The van der Waals surface area contributed by atoms with Crippen molar-refractivity contribution in [1.29, 1.82) is 0 Å². The Bertz CT molecular complexity index is 550. The molecule has 0 atom stereocenters. The quantitative estimate of drug-likeness (QED) is 0.671. The van der Waals surface area contributed by atoms with Crippen LogP contribution in [0.15, 0.2) is 46.3 Å². The molecule has 92 valence electrons. The van der Waals surface area contributed by atoms with E-state index in [1.54, 1.807) is 35.4 Å². The van der Waals surface area contributed by atoms with Gasteiger partial charge < -0.3 is 5.11 Å². The summed E-state index contributed by atoms with van der Waals surface area (Å²) in [5.41, 5.74) is 2.05. The Labute approximate surface area is 113 Å². The number of benzene rings is 1. The van der Waals surface area contributed by atoms with Gasteiger partial charge in [-0.2, -0.15) is 0 Å². The van der Waals surface area contributed by atoms with Gasteiger partial charge >= 0.3 is 5.97 Å². The van der Waals surface area contributed by atoms with Gasteiger partial charge in [0.1, 0.15) is 4.34 Å². The number of rotatable bonds is 5. The largest absolute Gasteiger partial charge is 0.478 e. The Balaban J connectivity index is 2.01. The van der Waals surface area contributed by atoms with Crippen molar-refractivity contribution >= 4 is 35.1 Å². The molecule has 3 nitrogen and oxygen atoms in total. The van der Waals surface area contributed by atoms with Crippen LogP contribution in [0.25, 0.3) is 6.08 Å². The number of carboxylic acid groups (broad SMARTS) is 1. The smallest absolute Gasteiger partial charge is 0.328 e. The molecule has 0 spiro atoms. The highest BCUT2D eigenvalue weighted by Gasteiger charge is 1.99. The summed E-state index contributed by atoms with van der Waals surface area (Å²) in [4.78, 5) is 14.6. The lowest BCUT2D eigenvalue weighted by Gasteiger charge is -2.00. The van der Waals surface area contributed by atoms with Crippen LogP contribution in [-0.2, 0) is 10.5 Å². The summed E-state index contributed by atoms with van der Waals surface area (Å²) >= 11 is 3.30. The van der Waals surface area contributed by atoms with E-state index < -0.39 is 5.97 Å². The number of carbonyl (C=O) groups is 1. The van der Waals surface area contributed by atoms with Gasteiger partial charge in [-0.3, -0.25) is 0 Å². The molecule has 1 heterocycles. The van der Waals surface area contributed by atoms with Crippen LogP contribution in [0.2, 0.25) is 0 Å². The Kier molecular flexibility index (Phi) is 4.55. The van der Waals surface area contributed by atoms with E-state index in [0.717, 1.165) is 27.3 Å². The van der Waals surface area contributed by atoms with Gasteiger partial charge in [0, 0.05) is 23.4 Å². The van der Waals surface area contributed by atoms with Gasteiger partial charge in [-0.05, 0) is 17.2 Å². The topological polar surface area (TPSA) is 50.2 Å². The molecule has 0 aliphatic rings.